The van der Waals surface area contributed by atoms with Crippen molar-refractivity contribution in [3.8, 4) is 0 Å². The average molecular weight is 283 g/mol. The van der Waals surface area contributed by atoms with Crippen molar-refractivity contribution in [1.82, 2.24) is 0 Å². The molecule has 0 aromatic heterocycles. The molecular weight excluding hydrogens is 268 g/mol. The van der Waals surface area contributed by atoms with E-state index in [0.29, 0.717) is 5.03 Å². The van der Waals surface area contributed by atoms with E-state index in [9.17, 15) is 0 Å². The van der Waals surface area contributed by atoms with Crippen LogP contribution in [0.3, 0.4) is 0 Å². The lowest BCUT2D eigenvalue weighted by molar-refractivity contribution is 0.169. The minimum Gasteiger partial charge on any atom is -0.483 e. The van der Waals surface area contributed by atoms with Crippen molar-refractivity contribution >= 4 is 22.4 Å². The molecule has 100 valence electrons. The number of benzene rings is 2. The first-order valence-corrected chi connectivity index (χ1v) is 7.01. The molecule has 1 nitrogen and oxygen atoms in total. The first-order chi connectivity index (χ1) is 9.81. The highest BCUT2D eigenvalue weighted by molar-refractivity contribution is 6.52. The molecule has 2 aromatic rings. The first kappa shape index (κ1) is 13.0. The maximum atomic E-state index is 6.54. The van der Waals surface area contributed by atoms with Crippen LogP contribution in [0.5, 0.6) is 0 Å². The summed E-state index contributed by atoms with van der Waals surface area (Å²) in [5.74, 6) is 0.748. The molecule has 2 heteroatoms. The van der Waals surface area contributed by atoms with Crippen molar-refractivity contribution in [3.05, 3.63) is 83.9 Å². The van der Waals surface area contributed by atoms with E-state index in [-0.39, 0.29) is 6.10 Å². The fourth-order valence-corrected chi connectivity index (χ4v) is 2.79. The monoisotopic (exact) mass is 282 g/mol. The second-order valence-electron chi connectivity index (χ2n) is 4.73. The third-order valence-corrected chi connectivity index (χ3v) is 3.80. The van der Waals surface area contributed by atoms with Gasteiger partial charge in [-0.1, -0.05) is 72.3 Å². The standard InChI is InChI=1S/C18H15ClO/c1-2-8-16-14-11-6-7-12-15(14)17(19)18(20-16)13-9-4-3-5-10-13/h2-7,9-12,16H,1,8H2. The molecule has 1 atom stereocenters. The van der Waals surface area contributed by atoms with Gasteiger partial charge in [0.1, 0.15) is 11.9 Å². The van der Waals surface area contributed by atoms with Crippen molar-refractivity contribution < 1.29 is 4.74 Å². The van der Waals surface area contributed by atoms with Gasteiger partial charge in [0.15, 0.2) is 0 Å². The molecule has 0 spiro atoms. The Morgan fingerprint density at radius 1 is 1.05 bits per heavy atom. The summed E-state index contributed by atoms with van der Waals surface area (Å²) in [4.78, 5) is 0. The van der Waals surface area contributed by atoms with Crippen molar-refractivity contribution in [1.29, 1.82) is 0 Å². The average Bonchev–Trinajstić information content (AvgIpc) is 2.51. The Hall–Kier alpha value is -1.99. The summed E-state index contributed by atoms with van der Waals surface area (Å²) in [6.45, 7) is 3.82. The van der Waals surface area contributed by atoms with Gasteiger partial charge in [0.25, 0.3) is 0 Å². The summed E-state index contributed by atoms with van der Waals surface area (Å²) in [7, 11) is 0. The van der Waals surface area contributed by atoms with Crippen molar-refractivity contribution in [2.75, 3.05) is 0 Å². The summed E-state index contributed by atoms with van der Waals surface area (Å²) in [5.41, 5.74) is 3.17. The highest BCUT2D eigenvalue weighted by atomic mass is 35.5. The Labute approximate surface area is 124 Å². The van der Waals surface area contributed by atoms with Crippen LogP contribution in [0.4, 0.5) is 0 Å². The van der Waals surface area contributed by atoms with Crippen molar-refractivity contribution in [2.24, 2.45) is 0 Å². The lowest BCUT2D eigenvalue weighted by atomic mass is 9.95. The van der Waals surface area contributed by atoms with Crippen LogP contribution in [0.25, 0.3) is 10.8 Å². The molecule has 0 bridgehead atoms. The van der Waals surface area contributed by atoms with Crippen LogP contribution in [-0.4, -0.2) is 0 Å². The topological polar surface area (TPSA) is 9.23 Å². The molecule has 1 unspecified atom stereocenters. The fourth-order valence-electron chi connectivity index (χ4n) is 2.47. The first-order valence-electron chi connectivity index (χ1n) is 6.63. The second-order valence-corrected chi connectivity index (χ2v) is 5.11. The van der Waals surface area contributed by atoms with E-state index in [1.54, 1.807) is 0 Å². The van der Waals surface area contributed by atoms with E-state index >= 15 is 0 Å². The normalized spacial score (nSPS) is 17.4. The SMILES string of the molecule is C=CCC1OC(c2ccccc2)=C(Cl)c2ccccc21. The predicted octanol–water partition coefficient (Wildman–Crippen LogP) is 5.40. The molecule has 1 heterocycles. The lowest BCUT2D eigenvalue weighted by Gasteiger charge is -2.28. The maximum absolute atomic E-state index is 6.54. The maximum Gasteiger partial charge on any atom is 0.146 e. The molecule has 2 aromatic carbocycles. The number of rotatable bonds is 3. The molecule has 0 amide bonds. The van der Waals surface area contributed by atoms with Crippen LogP contribution >= 0.6 is 11.6 Å². The van der Waals surface area contributed by atoms with E-state index in [2.05, 4.69) is 12.6 Å². The number of hydrogen-bond acceptors (Lipinski definition) is 1. The summed E-state index contributed by atoms with van der Waals surface area (Å²) in [6, 6.07) is 18.1. The molecule has 0 saturated carbocycles. The Morgan fingerprint density at radius 3 is 2.50 bits per heavy atom. The van der Waals surface area contributed by atoms with Gasteiger partial charge in [0.2, 0.25) is 0 Å². The number of halogens is 1. The highest BCUT2D eigenvalue weighted by Crippen LogP contribution is 2.43. The molecule has 3 rings (SSSR count). The van der Waals surface area contributed by atoms with Crippen LogP contribution in [0.15, 0.2) is 67.3 Å². The zero-order valence-electron chi connectivity index (χ0n) is 11.1. The van der Waals surface area contributed by atoms with Crippen LogP contribution in [0, 0.1) is 0 Å². The van der Waals surface area contributed by atoms with Crippen LogP contribution in [-0.2, 0) is 4.74 Å². The van der Waals surface area contributed by atoms with Gasteiger partial charge in [-0.15, -0.1) is 6.58 Å². The summed E-state index contributed by atoms with van der Waals surface area (Å²) < 4.78 is 6.13. The van der Waals surface area contributed by atoms with Crippen molar-refractivity contribution in [3.63, 3.8) is 0 Å². The zero-order valence-corrected chi connectivity index (χ0v) is 11.8. The molecule has 1 aliphatic heterocycles. The van der Waals surface area contributed by atoms with Gasteiger partial charge in [0.05, 0.1) is 5.03 Å². The summed E-state index contributed by atoms with van der Waals surface area (Å²) in [6.07, 6.45) is 2.61. The number of ether oxygens (including phenoxy) is 1. The molecule has 1 aliphatic rings. The minimum absolute atomic E-state index is 0.0265. The van der Waals surface area contributed by atoms with Gasteiger partial charge in [-0.3, -0.25) is 0 Å². The van der Waals surface area contributed by atoms with Crippen LogP contribution < -0.4 is 0 Å². The largest absolute Gasteiger partial charge is 0.483 e. The number of hydrogen-bond donors (Lipinski definition) is 0. The Balaban J connectivity index is 2.14. The minimum atomic E-state index is -0.0265. The van der Waals surface area contributed by atoms with E-state index in [1.165, 1.54) is 0 Å². The highest BCUT2D eigenvalue weighted by Gasteiger charge is 2.26. The van der Waals surface area contributed by atoms with Gasteiger partial charge >= 0.3 is 0 Å². The third-order valence-electron chi connectivity index (χ3n) is 3.42. The van der Waals surface area contributed by atoms with Crippen molar-refractivity contribution in [2.45, 2.75) is 12.5 Å². The quantitative estimate of drug-likeness (QED) is 0.685. The van der Waals surface area contributed by atoms with Gasteiger partial charge < -0.3 is 4.74 Å². The summed E-state index contributed by atoms with van der Waals surface area (Å²) in [5, 5.41) is 0.673. The van der Waals surface area contributed by atoms with Gasteiger partial charge in [-0.05, 0) is 0 Å². The molecule has 0 saturated heterocycles. The van der Waals surface area contributed by atoms with E-state index in [1.807, 2.05) is 54.6 Å². The molecule has 20 heavy (non-hydrogen) atoms. The smallest absolute Gasteiger partial charge is 0.146 e. The number of fused-ring (bicyclic) bond motifs is 1. The fraction of sp³-hybridized carbons (Fsp3) is 0.111. The van der Waals surface area contributed by atoms with Crippen LogP contribution in [0.1, 0.15) is 29.2 Å². The molecule has 0 fully saturated rings. The molecule has 0 N–H and O–H groups in total. The van der Waals surface area contributed by atoms with E-state index < -0.39 is 0 Å². The second kappa shape index (κ2) is 5.56. The van der Waals surface area contributed by atoms with Gasteiger partial charge in [-0.25, -0.2) is 0 Å². The van der Waals surface area contributed by atoms with E-state index in [0.717, 1.165) is 28.9 Å². The lowest BCUT2D eigenvalue weighted by Crippen LogP contribution is -2.11. The zero-order chi connectivity index (χ0) is 13.9. The predicted molar refractivity (Wildman–Crippen MR) is 84.2 cm³/mol. The van der Waals surface area contributed by atoms with Gasteiger partial charge in [-0.2, -0.15) is 0 Å². The summed E-state index contributed by atoms with van der Waals surface area (Å²) >= 11 is 6.54. The Kier molecular flexibility index (Phi) is 3.62. The molecule has 0 aliphatic carbocycles. The third kappa shape index (κ3) is 2.25. The van der Waals surface area contributed by atoms with Gasteiger partial charge in [0, 0.05) is 23.1 Å². The Bertz CT molecular complexity index is 658. The molecule has 0 radical (unpaired) electrons. The van der Waals surface area contributed by atoms with E-state index in [4.69, 9.17) is 16.3 Å². The molecular formula is C18H15ClO. The van der Waals surface area contributed by atoms with Crippen LogP contribution in [0.2, 0.25) is 0 Å². The Morgan fingerprint density at radius 2 is 1.75 bits per heavy atom.